The SMILES string of the molecule is CCn1nc(C)cc1CC(=O)CCSC. The molecule has 0 spiro atoms. The summed E-state index contributed by atoms with van der Waals surface area (Å²) in [7, 11) is 0. The number of aromatic nitrogens is 2. The predicted molar refractivity (Wildman–Crippen MR) is 64.3 cm³/mol. The zero-order valence-corrected chi connectivity index (χ0v) is 10.4. The molecule has 15 heavy (non-hydrogen) atoms. The summed E-state index contributed by atoms with van der Waals surface area (Å²) in [5, 5.41) is 4.32. The first-order valence-electron chi connectivity index (χ1n) is 5.21. The van der Waals surface area contributed by atoms with Crippen LogP contribution in [0.1, 0.15) is 24.7 Å². The van der Waals surface area contributed by atoms with Crippen LogP contribution in [0.3, 0.4) is 0 Å². The normalized spacial score (nSPS) is 10.6. The van der Waals surface area contributed by atoms with Gasteiger partial charge in [-0.3, -0.25) is 9.48 Å². The Morgan fingerprint density at radius 2 is 2.33 bits per heavy atom. The van der Waals surface area contributed by atoms with Gasteiger partial charge in [0.15, 0.2) is 0 Å². The summed E-state index contributed by atoms with van der Waals surface area (Å²) in [6, 6.07) is 2.00. The lowest BCUT2D eigenvalue weighted by Gasteiger charge is -2.03. The van der Waals surface area contributed by atoms with Gasteiger partial charge in [-0.1, -0.05) is 0 Å². The Balaban J connectivity index is 2.59. The minimum absolute atomic E-state index is 0.305. The van der Waals surface area contributed by atoms with Crippen LogP contribution in [0.15, 0.2) is 6.07 Å². The summed E-state index contributed by atoms with van der Waals surface area (Å²) < 4.78 is 1.91. The average molecular weight is 226 g/mol. The predicted octanol–water partition coefficient (Wildman–Crippen LogP) is 2.08. The van der Waals surface area contributed by atoms with Crippen LogP contribution in [0.5, 0.6) is 0 Å². The zero-order chi connectivity index (χ0) is 11.3. The third-order valence-electron chi connectivity index (χ3n) is 2.25. The van der Waals surface area contributed by atoms with Gasteiger partial charge in [-0.25, -0.2) is 0 Å². The van der Waals surface area contributed by atoms with Crippen LogP contribution in [0.25, 0.3) is 0 Å². The van der Waals surface area contributed by atoms with E-state index < -0.39 is 0 Å². The molecule has 0 bridgehead atoms. The van der Waals surface area contributed by atoms with E-state index in [1.807, 2.05) is 30.9 Å². The quantitative estimate of drug-likeness (QED) is 0.745. The van der Waals surface area contributed by atoms with E-state index in [-0.39, 0.29) is 0 Å². The zero-order valence-electron chi connectivity index (χ0n) is 9.62. The van der Waals surface area contributed by atoms with Crippen LogP contribution >= 0.6 is 11.8 Å². The highest BCUT2D eigenvalue weighted by Crippen LogP contribution is 2.07. The van der Waals surface area contributed by atoms with Gasteiger partial charge in [-0.2, -0.15) is 16.9 Å². The molecule has 84 valence electrons. The highest BCUT2D eigenvalue weighted by molar-refractivity contribution is 7.98. The molecule has 0 aromatic carbocycles. The number of ketones is 1. The van der Waals surface area contributed by atoms with Crippen molar-refractivity contribution in [3.05, 3.63) is 17.5 Å². The summed E-state index contributed by atoms with van der Waals surface area (Å²) in [5.41, 5.74) is 2.03. The molecule has 1 rings (SSSR count). The van der Waals surface area contributed by atoms with Gasteiger partial charge in [0, 0.05) is 25.1 Å². The minimum atomic E-state index is 0.305. The Kier molecular flexibility index (Phi) is 4.88. The highest BCUT2D eigenvalue weighted by atomic mass is 32.2. The van der Waals surface area contributed by atoms with Crippen molar-refractivity contribution in [1.82, 2.24) is 9.78 Å². The van der Waals surface area contributed by atoms with Gasteiger partial charge in [0.25, 0.3) is 0 Å². The van der Waals surface area contributed by atoms with E-state index in [0.29, 0.717) is 18.6 Å². The fourth-order valence-corrected chi connectivity index (χ4v) is 1.95. The standard InChI is InChI=1S/C11H18N2OS/c1-4-13-10(7-9(2)12-13)8-11(14)5-6-15-3/h7H,4-6,8H2,1-3H3. The van der Waals surface area contributed by atoms with Gasteiger partial charge < -0.3 is 0 Å². The maximum atomic E-state index is 11.6. The molecule has 0 saturated carbocycles. The van der Waals surface area contributed by atoms with Crippen molar-refractivity contribution in [3.63, 3.8) is 0 Å². The van der Waals surface area contributed by atoms with Gasteiger partial charge in [0.05, 0.1) is 5.69 Å². The molecule has 0 aliphatic heterocycles. The number of thioether (sulfide) groups is 1. The molecule has 0 radical (unpaired) electrons. The van der Waals surface area contributed by atoms with Gasteiger partial charge in [0.2, 0.25) is 0 Å². The van der Waals surface area contributed by atoms with Crippen molar-refractivity contribution in [2.45, 2.75) is 33.2 Å². The molecule has 0 aliphatic carbocycles. The summed E-state index contributed by atoms with van der Waals surface area (Å²) in [6.45, 7) is 4.84. The van der Waals surface area contributed by atoms with Crippen LogP contribution in [-0.4, -0.2) is 27.6 Å². The highest BCUT2D eigenvalue weighted by Gasteiger charge is 2.08. The summed E-state index contributed by atoms with van der Waals surface area (Å²) >= 11 is 1.71. The average Bonchev–Trinajstić information content (AvgIpc) is 2.55. The number of carbonyl (C=O) groups excluding carboxylic acids is 1. The minimum Gasteiger partial charge on any atom is -0.299 e. The number of nitrogens with zero attached hydrogens (tertiary/aromatic N) is 2. The molecule has 0 amide bonds. The maximum Gasteiger partial charge on any atom is 0.139 e. The Labute approximate surface area is 95.2 Å². The molecule has 1 aromatic heterocycles. The van der Waals surface area contributed by atoms with Gasteiger partial charge >= 0.3 is 0 Å². The van der Waals surface area contributed by atoms with E-state index in [2.05, 4.69) is 5.10 Å². The smallest absolute Gasteiger partial charge is 0.139 e. The second-order valence-corrected chi connectivity index (χ2v) is 4.54. The molecule has 0 atom stereocenters. The van der Waals surface area contributed by atoms with Crippen molar-refractivity contribution in [2.24, 2.45) is 0 Å². The molecular weight excluding hydrogens is 208 g/mol. The second-order valence-electron chi connectivity index (χ2n) is 3.55. The Morgan fingerprint density at radius 3 is 2.93 bits per heavy atom. The second kappa shape index (κ2) is 5.95. The van der Waals surface area contributed by atoms with E-state index in [0.717, 1.165) is 23.7 Å². The third-order valence-corrected chi connectivity index (χ3v) is 2.86. The summed E-state index contributed by atoms with van der Waals surface area (Å²) in [6.07, 6.45) is 3.21. The number of aryl methyl sites for hydroxylation is 2. The number of hydrogen-bond acceptors (Lipinski definition) is 3. The molecule has 0 saturated heterocycles. The Hall–Kier alpha value is -0.770. The molecule has 0 unspecified atom stereocenters. The molecule has 0 fully saturated rings. The Morgan fingerprint density at radius 1 is 1.60 bits per heavy atom. The largest absolute Gasteiger partial charge is 0.299 e. The lowest BCUT2D eigenvalue weighted by molar-refractivity contribution is -0.118. The summed E-state index contributed by atoms with van der Waals surface area (Å²) in [5.74, 6) is 1.22. The van der Waals surface area contributed by atoms with Crippen LogP contribution in [0.2, 0.25) is 0 Å². The molecule has 0 aliphatic rings. The van der Waals surface area contributed by atoms with Crippen LogP contribution < -0.4 is 0 Å². The van der Waals surface area contributed by atoms with E-state index >= 15 is 0 Å². The molecule has 4 heteroatoms. The van der Waals surface area contributed by atoms with Crippen LogP contribution in [-0.2, 0) is 17.8 Å². The number of rotatable bonds is 6. The monoisotopic (exact) mass is 226 g/mol. The molecular formula is C11H18N2OS. The molecule has 0 N–H and O–H groups in total. The lowest BCUT2D eigenvalue weighted by atomic mass is 10.2. The molecule has 1 heterocycles. The molecule has 3 nitrogen and oxygen atoms in total. The van der Waals surface area contributed by atoms with Crippen LogP contribution in [0, 0.1) is 6.92 Å². The van der Waals surface area contributed by atoms with Gasteiger partial charge in [-0.15, -0.1) is 0 Å². The fraction of sp³-hybridized carbons (Fsp3) is 0.636. The van der Waals surface area contributed by atoms with Crippen molar-refractivity contribution >= 4 is 17.5 Å². The van der Waals surface area contributed by atoms with Crippen molar-refractivity contribution < 1.29 is 4.79 Å². The number of carbonyl (C=O) groups is 1. The van der Waals surface area contributed by atoms with Gasteiger partial charge in [-0.05, 0) is 31.9 Å². The number of Topliss-reactive ketones (excluding diaryl/α,β-unsaturated/α-hetero) is 1. The van der Waals surface area contributed by atoms with Crippen molar-refractivity contribution in [2.75, 3.05) is 12.0 Å². The van der Waals surface area contributed by atoms with Crippen molar-refractivity contribution in [3.8, 4) is 0 Å². The molecule has 1 aromatic rings. The van der Waals surface area contributed by atoms with E-state index in [1.54, 1.807) is 11.8 Å². The fourth-order valence-electron chi connectivity index (χ4n) is 1.52. The first-order valence-corrected chi connectivity index (χ1v) is 6.60. The number of hydrogen-bond donors (Lipinski definition) is 0. The first-order chi connectivity index (χ1) is 7.17. The van der Waals surface area contributed by atoms with E-state index in [1.165, 1.54) is 0 Å². The first kappa shape index (κ1) is 12.3. The van der Waals surface area contributed by atoms with E-state index in [4.69, 9.17) is 0 Å². The topological polar surface area (TPSA) is 34.9 Å². The van der Waals surface area contributed by atoms with Crippen molar-refractivity contribution in [1.29, 1.82) is 0 Å². The van der Waals surface area contributed by atoms with Gasteiger partial charge in [0.1, 0.15) is 5.78 Å². The van der Waals surface area contributed by atoms with E-state index in [9.17, 15) is 4.79 Å². The van der Waals surface area contributed by atoms with Crippen LogP contribution in [0.4, 0.5) is 0 Å². The summed E-state index contributed by atoms with van der Waals surface area (Å²) in [4.78, 5) is 11.6. The maximum absolute atomic E-state index is 11.6. The third kappa shape index (κ3) is 3.70. The Bertz CT molecular complexity index is 333. The lowest BCUT2D eigenvalue weighted by Crippen LogP contribution is -2.09.